The van der Waals surface area contributed by atoms with Crippen LogP contribution >= 0.6 is 0 Å². The van der Waals surface area contributed by atoms with E-state index >= 15 is 0 Å². The molecular weight excluding hydrogens is 262 g/mol. The van der Waals surface area contributed by atoms with Crippen molar-refractivity contribution >= 4 is 9.84 Å². The third kappa shape index (κ3) is 3.48. The molecule has 1 aliphatic rings. The van der Waals surface area contributed by atoms with Crippen molar-refractivity contribution in [2.75, 3.05) is 25.7 Å². The van der Waals surface area contributed by atoms with Crippen molar-refractivity contribution in [2.45, 2.75) is 18.9 Å². The summed E-state index contributed by atoms with van der Waals surface area (Å²) in [6, 6.07) is 7.89. The minimum atomic E-state index is -2.88. The van der Waals surface area contributed by atoms with Crippen LogP contribution in [0, 0.1) is 5.92 Å². The Bertz CT molecular complexity index is 527. The van der Waals surface area contributed by atoms with Gasteiger partial charge in [-0.1, -0.05) is 12.1 Å². The van der Waals surface area contributed by atoms with Crippen molar-refractivity contribution in [3.05, 3.63) is 29.8 Å². The third-order valence-corrected chi connectivity index (χ3v) is 5.58. The van der Waals surface area contributed by atoms with Gasteiger partial charge in [-0.2, -0.15) is 0 Å². The van der Waals surface area contributed by atoms with E-state index in [0.717, 1.165) is 24.2 Å². The molecule has 0 aromatic heterocycles. The molecule has 1 aliphatic heterocycles. The number of sulfone groups is 1. The first kappa shape index (κ1) is 14.3. The fraction of sp³-hybridized carbons (Fsp3) is 0.571. The Kier molecular flexibility index (Phi) is 4.47. The summed E-state index contributed by atoms with van der Waals surface area (Å²) in [6.07, 6.45) is 1.71. The maximum Gasteiger partial charge on any atom is 0.150 e. The van der Waals surface area contributed by atoms with Crippen molar-refractivity contribution in [1.29, 1.82) is 0 Å². The van der Waals surface area contributed by atoms with Gasteiger partial charge in [0, 0.05) is 6.04 Å². The van der Waals surface area contributed by atoms with E-state index in [9.17, 15) is 8.42 Å². The number of rotatable bonds is 4. The fourth-order valence-corrected chi connectivity index (χ4v) is 4.62. The van der Waals surface area contributed by atoms with Crippen molar-refractivity contribution < 1.29 is 13.2 Å². The van der Waals surface area contributed by atoms with Crippen LogP contribution in [0.2, 0.25) is 0 Å². The average Bonchev–Trinajstić information content (AvgIpc) is 2.39. The zero-order chi connectivity index (χ0) is 13.9. The van der Waals surface area contributed by atoms with Crippen LogP contribution in [0.3, 0.4) is 0 Å². The Morgan fingerprint density at radius 3 is 2.84 bits per heavy atom. The summed E-state index contributed by atoms with van der Waals surface area (Å²) in [5, 5.41) is 3.26. The van der Waals surface area contributed by atoms with Gasteiger partial charge < -0.3 is 10.1 Å². The lowest BCUT2D eigenvalue weighted by atomic mass is 9.90. The maximum absolute atomic E-state index is 11.8. The Morgan fingerprint density at radius 2 is 2.21 bits per heavy atom. The highest BCUT2D eigenvalue weighted by molar-refractivity contribution is 7.91. The monoisotopic (exact) mass is 283 g/mol. The minimum absolute atomic E-state index is 0.0603. The average molecular weight is 283 g/mol. The number of benzene rings is 1. The summed E-state index contributed by atoms with van der Waals surface area (Å²) in [4.78, 5) is 0. The first-order valence-electron chi connectivity index (χ1n) is 6.57. The molecular formula is C14H21NO3S. The molecule has 0 radical (unpaired) electrons. The lowest BCUT2D eigenvalue weighted by molar-refractivity contribution is 0.369. The SMILES string of the molecule is CNC(c1cccc(OC)c1)C1CCCS(=O)(=O)C1. The number of ether oxygens (including phenoxy) is 1. The molecule has 4 nitrogen and oxygen atoms in total. The largest absolute Gasteiger partial charge is 0.497 e. The van der Waals surface area contributed by atoms with Crippen LogP contribution in [-0.2, 0) is 9.84 Å². The third-order valence-electron chi connectivity index (χ3n) is 3.73. The lowest BCUT2D eigenvalue weighted by Crippen LogP contribution is -2.34. The number of nitrogens with one attached hydrogen (secondary N) is 1. The molecule has 1 aromatic rings. The lowest BCUT2D eigenvalue weighted by Gasteiger charge is -2.30. The highest BCUT2D eigenvalue weighted by atomic mass is 32.2. The van der Waals surface area contributed by atoms with Crippen LogP contribution < -0.4 is 10.1 Å². The van der Waals surface area contributed by atoms with Crippen LogP contribution in [0.5, 0.6) is 5.75 Å². The van der Waals surface area contributed by atoms with Gasteiger partial charge in [-0.05, 0) is 43.5 Å². The molecule has 2 atom stereocenters. The Morgan fingerprint density at radius 1 is 1.42 bits per heavy atom. The Labute approximate surface area is 115 Å². The molecule has 1 saturated heterocycles. The van der Waals surface area contributed by atoms with Crippen LogP contribution in [-0.4, -0.2) is 34.1 Å². The van der Waals surface area contributed by atoms with Crippen LogP contribution in [0.4, 0.5) is 0 Å². The topological polar surface area (TPSA) is 55.4 Å². The van der Waals surface area contributed by atoms with E-state index in [4.69, 9.17) is 4.74 Å². The second-order valence-electron chi connectivity index (χ2n) is 5.06. The van der Waals surface area contributed by atoms with Crippen molar-refractivity contribution in [3.8, 4) is 5.75 Å². The van der Waals surface area contributed by atoms with E-state index < -0.39 is 9.84 Å². The summed E-state index contributed by atoms with van der Waals surface area (Å²) < 4.78 is 28.8. The van der Waals surface area contributed by atoms with Gasteiger partial charge in [-0.15, -0.1) is 0 Å². The second-order valence-corrected chi connectivity index (χ2v) is 7.29. The van der Waals surface area contributed by atoms with Gasteiger partial charge in [-0.25, -0.2) is 8.42 Å². The summed E-state index contributed by atoms with van der Waals surface area (Å²) in [5.74, 6) is 1.54. The molecule has 106 valence electrons. The molecule has 0 saturated carbocycles. The smallest absolute Gasteiger partial charge is 0.150 e. The van der Waals surface area contributed by atoms with Gasteiger partial charge in [0.25, 0.3) is 0 Å². The highest BCUT2D eigenvalue weighted by Crippen LogP contribution is 2.31. The zero-order valence-electron chi connectivity index (χ0n) is 11.4. The maximum atomic E-state index is 11.8. The predicted molar refractivity (Wildman–Crippen MR) is 76.2 cm³/mol. The van der Waals surface area contributed by atoms with Gasteiger partial charge in [0.1, 0.15) is 5.75 Å². The quantitative estimate of drug-likeness (QED) is 0.915. The number of methoxy groups -OCH3 is 1. The van der Waals surface area contributed by atoms with Gasteiger partial charge >= 0.3 is 0 Å². The van der Waals surface area contributed by atoms with Gasteiger partial charge in [-0.3, -0.25) is 0 Å². The molecule has 5 heteroatoms. The van der Waals surface area contributed by atoms with E-state index in [-0.39, 0.29) is 17.7 Å². The summed E-state index contributed by atoms with van der Waals surface area (Å²) in [7, 11) is 0.636. The molecule has 1 aromatic carbocycles. The Balaban J connectivity index is 2.23. The van der Waals surface area contributed by atoms with E-state index in [1.54, 1.807) is 7.11 Å². The van der Waals surface area contributed by atoms with Gasteiger partial charge in [0.2, 0.25) is 0 Å². The van der Waals surface area contributed by atoms with E-state index in [0.29, 0.717) is 5.75 Å². The second kappa shape index (κ2) is 5.92. The highest BCUT2D eigenvalue weighted by Gasteiger charge is 2.31. The predicted octanol–water partition coefficient (Wildman–Crippen LogP) is 1.78. The molecule has 1 fully saturated rings. The molecule has 0 amide bonds. The molecule has 1 heterocycles. The number of hydrogen-bond donors (Lipinski definition) is 1. The molecule has 0 spiro atoms. The Hall–Kier alpha value is -1.07. The van der Waals surface area contributed by atoms with Crippen molar-refractivity contribution in [3.63, 3.8) is 0 Å². The first-order valence-corrected chi connectivity index (χ1v) is 8.39. The summed E-state index contributed by atoms with van der Waals surface area (Å²) >= 11 is 0. The molecule has 0 bridgehead atoms. The van der Waals surface area contributed by atoms with E-state index in [1.807, 2.05) is 31.3 Å². The van der Waals surface area contributed by atoms with E-state index in [1.165, 1.54) is 0 Å². The fourth-order valence-electron chi connectivity index (χ4n) is 2.83. The van der Waals surface area contributed by atoms with Crippen LogP contribution in [0.15, 0.2) is 24.3 Å². The van der Waals surface area contributed by atoms with Gasteiger partial charge in [0.05, 0.1) is 18.6 Å². The zero-order valence-corrected chi connectivity index (χ0v) is 12.2. The van der Waals surface area contributed by atoms with E-state index in [2.05, 4.69) is 5.32 Å². The molecule has 2 unspecified atom stereocenters. The number of hydrogen-bond acceptors (Lipinski definition) is 4. The van der Waals surface area contributed by atoms with Crippen LogP contribution in [0.1, 0.15) is 24.4 Å². The first-order chi connectivity index (χ1) is 9.05. The molecule has 0 aliphatic carbocycles. The standard InChI is InChI=1S/C14H21NO3S/c1-15-14(11-5-3-7-13(9-11)18-2)12-6-4-8-19(16,17)10-12/h3,5,7,9,12,14-15H,4,6,8,10H2,1-2H3. The van der Waals surface area contributed by atoms with Crippen molar-refractivity contribution in [2.24, 2.45) is 5.92 Å². The molecule has 2 rings (SSSR count). The summed E-state index contributed by atoms with van der Waals surface area (Å²) in [5.41, 5.74) is 1.09. The summed E-state index contributed by atoms with van der Waals surface area (Å²) in [6.45, 7) is 0. The minimum Gasteiger partial charge on any atom is -0.497 e. The molecule has 1 N–H and O–H groups in total. The van der Waals surface area contributed by atoms with Gasteiger partial charge in [0.15, 0.2) is 9.84 Å². The van der Waals surface area contributed by atoms with Crippen molar-refractivity contribution in [1.82, 2.24) is 5.32 Å². The normalized spacial score (nSPS) is 23.8. The van der Waals surface area contributed by atoms with Crippen LogP contribution in [0.25, 0.3) is 0 Å². The molecule has 19 heavy (non-hydrogen) atoms.